The van der Waals surface area contributed by atoms with Gasteiger partial charge in [-0.25, -0.2) is 9.97 Å². The Labute approximate surface area is 172 Å². The number of hydrogen-bond acceptors (Lipinski definition) is 5. The third-order valence-electron chi connectivity index (χ3n) is 5.94. The second kappa shape index (κ2) is 8.11. The van der Waals surface area contributed by atoms with Crippen molar-refractivity contribution in [2.75, 3.05) is 20.1 Å². The molecule has 0 aliphatic carbocycles. The summed E-state index contributed by atoms with van der Waals surface area (Å²) >= 11 is 0. The van der Waals surface area contributed by atoms with Gasteiger partial charge in [-0.15, -0.1) is 0 Å². The molecule has 1 aromatic heterocycles. The van der Waals surface area contributed by atoms with Crippen molar-refractivity contribution in [1.82, 2.24) is 19.8 Å². The Morgan fingerprint density at radius 3 is 2.66 bits per heavy atom. The van der Waals surface area contributed by atoms with Gasteiger partial charge < -0.3 is 9.64 Å². The van der Waals surface area contributed by atoms with Gasteiger partial charge in [-0.1, -0.05) is 6.07 Å². The monoisotopic (exact) mass is 394 g/mol. The standard InChI is InChI=1S/C23H30N4O2/c1-15-10-16(2)12-19(11-15)29-17(3)23(28)27-9-7-20-18(14-27)13-24-22(25-20)21-6-5-8-26(21)4/h10-13,17,21H,5-9,14H2,1-4H3/t17-,21+/m1/s1. The average Bonchev–Trinajstić information content (AvgIpc) is 3.11. The highest BCUT2D eigenvalue weighted by molar-refractivity contribution is 5.81. The van der Waals surface area contributed by atoms with E-state index in [1.807, 2.05) is 44.0 Å². The quantitative estimate of drug-likeness (QED) is 0.797. The van der Waals surface area contributed by atoms with Crippen molar-refractivity contribution in [1.29, 1.82) is 0 Å². The van der Waals surface area contributed by atoms with Gasteiger partial charge in [0, 0.05) is 31.3 Å². The molecule has 4 rings (SSSR count). The molecule has 0 radical (unpaired) electrons. The average molecular weight is 395 g/mol. The van der Waals surface area contributed by atoms with Crippen LogP contribution in [0.25, 0.3) is 0 Å². The Kier molecular flexibility index (Phi) is 5.54. The predicted molar refractivity (Wildman–Crippen MR) is 112 cm³/mol. The van der Waals surface area contributed by atoms with Gasteiger partial charge in [0.1, 0.15) is 11.6 Å². The van der Waals surface area contributed by atoms with E-state index in [-0.39, 0.29) is 5.91 Å². The zero-order valence-electron chi connectivity index (χ0n) is 17.8. The molecule has 6 heteroatoms. The Morgan fingerprint density at radius 2 is 1.97 bits per heavy atom. The maximum atomic E-state index is 13.0. The summed E-state index contributed by atoms with van der Waals surface area (Å²) in [6.07, 6.45) is 4.47. The van der Waals surface area contributed by atoms with Crippen LogP contribution < -0.4 is 4.74 Å². The lowest BCUT2D eigenvalue weighted by atomic mass is 10.1. The van der Waals surface area contributed by atoms with Gasteiger partial charge in [-0.3, -0.25) is 9.69 Å². The van der Waals surface area contributed by atoms with Crippen LogP contribution in [-0.4, -0.2) is 51.9 Å². The number of aromatic nitrogens is 2. The van der Waals surface area contributed by atoms with Gasteiger partial charge in [0.05, 0.1) is 11.7 Å². The van der Waals surface area contributed by atoms with Crippen molar-refractivity contribution in [3.8, 4) is 5.75 Å². The lowest BCUT2D eigenvalue weighted by Crippen LogP contribution is -2.43. The second-order valence-electron chi connectivity index (χ2n) is 8.43. The molecule has 154 valence electrons. The molecule has 1 aromatic carbocycles. The number of ether oxygens (including phenoxy) is 1. The molecule has 0 spiro atoms. The maximum Gasteiger partial charge on any atom is 0.263 e. The van der Waals surface area contributed by atoms with Crippen LogP contribution in [0.2, 0.25) is 0 Å². The van der Waals surface area contributed by atoms with Crippen LogP contribution in [0.4, 0.5) is 0 Å². The van der Waals surface area contributed by atoms with Gasteiger partial charge in [0.15, 0.2) is 6.10 Å². The fourth-order valence-corrected chi connectivity index (χ4v) is 4.43. The summed E-state index contributed by atoms with van der Waals surface area (Å²) in [5.74, 6) is 1.68. The lowest BCUT2D eigenvalue weighted by molar-refractivity contribution is -0.138. The van der Waals surface area contributed by atoms with Crippen LogP contribution in [0.3, 0.4) is 0 Å². The van der Waals surface area contributed by atoms with Crippen molar-refractivity contribution < 1.29 is 9.53 Å². The van der Waals surface area contributed by atoms with E-state index in [9.17, 15) is 4.79 Å². The third kappa shape index (κ3) is 4.27. The number of rotatable bonds is 4. The molecule has 3 heterocycles. The molecule has 29 heavy (non-hydrogen) atoms. The molecule has 2 atom stereocenters. The highest BCUT2D eigenvalue weighted by Gasteiger charge is 2.29. The van der Waals surface area contributed by atoms with Crippen molar-refractivity contribution in [3.63, 3.8) is 0 Å². The molecule has 1 saturated heterocycles. The Hall–Kier alpha value is -2.47. The van der Waals surface area contributed by atoms with Crippen molar-refractivity contribution in [3.05, 3.63) is 52.6 Å². The van der Waals surface area contributed by atoms with Gasteiger partial charge >= 0.3 is 0 Å². The second-order valence-corrected chi connectivity index (χ2v) is 8.43. The smallest absolute Gasteiger partial charge is 0.263 e. The molecule has 2 aliphatic rings. The van der Waals surface area contributed by atoms with Crippen LogP contribution in [0, 0.1) is 13.8 Å². The SMILES string of the molecule is Cc1cc(C)cc(O[C@H](C)C(=O)N2CCc3nc([C@@H]4CCCN4C)ncc3C2)c1. The molecule has 6 nitrogen and oxygen atoms in total. The predicted octanol–water partition coefficient (Wildman–Crippen LogP) is 3.21. The van der Waals surface area contributed by atoms with E-state index >= 15 is 0 Å². The number of nitrogens with zero attached hydrogens (tertiary/aromatic N) is 4. The summed E-state index contributed by atoms with van der Waals surface area (Å²) in [6.45, 7) is 8.21. The molecule has 0 bridgehead atoms. The summed E-state index contributed by atoms with van der Waals surface area (Å²) in [4.78, 5) is 26.6. The number of likely N-dealkylation sites (tertiary alicyclic amines) is 1. The summed E-state index contributed by atoms with van der Waals surface area (Å²) in [5.41, 5.74) is 4.40. The van der Waals surface area contributed by atoms with Gasteiger partial charge in [0.25, 0.3) is 5.91 Å². The van der Waals surface area contributed by atoms with Gasteiger partial charge in [0.2, 0.25) is 0 Å². The van der Waals surface area contributed by atoms with E-state index in [4.69, 9.17) is 9.72 Å². The van der Waals surface area contributed by atoms with Gasteiger partial charge in [-0.2, -0.15) is 0 Å². The normalized spacial score (nSPS) is 20.4. The van der Waals surface area contributed by atoms with Crippen molar-refractivity contribution in [2.45, 2.75) is 58.7 Å². The van der Waals surface area contributed by atoms with E-state index in [1.54, 1.807) is 0 Å². The molecule has 0 N–H and O–H groups in total. The molecule has 2 aromatic rings. The van der Waals surface area contributed by atoms with Crippen LogP contribution in [0.1, 0.15) is 54.0 Å². The summed E-state index contributed by atoms with van der Waals surface area (Å²) < 4.78 is 5.95. The number of aryl methyl sites for hydroxylation is 2. The number of carbonyl (C=O) groups is 1. The largest absolute Gasteiger partial charge is 0.481 e. The number of hydrogen-bond donors (Lipinski definition) is 0. The third-order valence-corrected chi connectivity index (χ3v) is 5.94. The van der Waals surface area contributed by atoms with E-state index in [2.05, 4.69) is 23.0 Å². The van der Waals surface area contributed by atoms with E-state index in [0.29, 0.717) is 19.1 Å². The van der Waals surface area contributed by atoms with Crippen molar-refractivity contribution >= 4 is 5.91 Å². The Bertz CT molecular complexity index is 893. The summed E-state index contributed by atoms with van der Waals surface area (Å²) in [6, 6.07) is 6.36. The summed E-state index contributed by atoms with van der Waals surface area (Å²) in [7, 11) is 2.14. The first-order chi connectivity index (χ1) is 13.9. The molecular formula is C23H30N4O2. The highest BCUT2D eigenvalue weighted by atomic mass is 16.5. The molecule has 0 unspecified atom stereocenters. The van der Waals surface area contributed by atoms with E-state index in [0.717, 1.165) is 53.3 Å². The first kappa shape index (κ1) is 19.8. The first-order valence-corrected chi connectivity index (χ1v) is 10.5. The number of amides is 1. The number of benzene rings is 1. The topological polar surface area (TPSA) is 58.6 Å². The van der Waals surface area contributed by atoms with Crippen LogP contribution >= 0.6 is 0 Å². The molecule has 0 saturated carbocycles. The molecular weight excluding hydrogens is 364 g/mol. The minimum atomic E-state index is -0.523. The number of fused-ring (bicyclic) bond motifs is 1. The molecule has 1 amide bonds. The Balaban J connectivity index is 1.43. The lowest BCUT2D eigenvalue weighted by Gasteiger charge is -2.31. The number of carbonyl (C=O) groups excluding carboxylic acids is 1. The fraction of sp³-hybridized carbons (Fsp3) is 0.522. The molecule has 2 aliphatic heterocycles. The van der Waals surface area contributed by atoms with Crippen LogP contribution in [-0.2, 0) is 17.8 Å². The van der Waals surface area contributed by atoms with Crippen LogP contribution in [0.5, 0.6) is 5.75 Å². The minimum absolute atomic E-state index is 0.00871. The van der Waals surface area contributed by atoms with Crippen LogP contribution in [0.15, 0.2) is 24.4 Å². The fourth-order valence-electron chi connectivity index (χ4n) is 4.43. The highest BCUT2D eigenvalue weighted by Crippen LogP contribution is 2.29. The molecule has 1 fully saturated rings. The minimum Gasteiger partial charge on any atom is -0.481 e. The van der Waals surface area contributed by atoms with Crippen molar-refractivity contribution in [2.24, 2.45) is 0 Å². The zero-order valence-corrected chi connectivity index (χ0v) is 17.8. The Morgan fingerprint density at radius 1 is 1.21 bits per heavy atom. The van der Waals surface area contributed by atoms with Gasteiger partial charge in [-0.05, 0) is 70.5 Å². The van der Waals surface area contributed by atoms with E-state index in [1.165, 1.54) is 6.42 Å². The van der Waals surface area contributed by atoms with E-state index < -0.39 is 6.10 Å². The maximum absolute atomic E-state index is 13.0. The summed E-state index contributed by atoms with van der Waals surface area (Å²) in [5, 5.41) is 0. The zero-order chi connectivity index (χ0) is 20.5. The first-order valence-electron chi connectivity index (χ1n) is 10.5.